The molecule has 0 saturated carbocycles. The number of nitrogens with zero attached hydrogens (tertiary/aromatic N) is 2. The van der Waals surface area contributed by atoms with Gasteiger partial charge in [-0.3, -0.25) is 0 Å². The molecule has 0 fully saturated rings. The van der Waals surface area contributed by atoms with Gasteiger partial charge in [0.1, 0.15) is 18.1 Å². The Morgan fingerprint density at radius 1 is 1.65 bits per heavy atom. The van der Waals surface area contributed by atoms with Crippen LogP contribution in [0.4, 0.5) is 0 Å². The van der Waals surface area contributed by atoms with Crippen LogP contribution in [0.5, 0.6) is 0 Å². The van der Waals surface area contributed by atoms with Crippen molar-refractivity contribution in [2.45, 2.75) is 13.5 Å². The van der Waals surface area contributed by atoms with Crippen molar-refractivity contribution in [3.8, 4) is 11.3 Å². The Kier molecular flexibility index (Phi) is 3.50. The summed E-state index contributed by atoms with van der Waals surface area (Å²) >= 11 is 1.18. The summed E-state index contributed by atoms with van der Waals surface area (Å²) in [7, 11) is 0. The summed E-state index contributed by atoms with van der Waals surface area (Å²) in [4.78, 5) is 11.5. The molecule has 2 heterocycles. The highest BCUT2D eigenvalue weighted by atomic mass is 32.1. The monoisotopic (exact) mass is 254 g/mol. The molecule has 2 rings (SSSR count). The predicted octanol–water partition coefficient (Wildman–Crippen LogP) is 1.47. The largest absolute Gasteiger partial charge is 0.460 e. The van der Waals surface area contributed by atoms with Gasteiger partial charge in [0, 0.05) is 17.0 Å². The summed E-state index contributed by atoms with van der Waals surface area (Å²) in [6.45, 7) is 1.66. The molecule has 0 atom stereocenters. The van der Waals surface area contributed by atoms with E-state index in [4.69, 9.17) is 14.3 Å². The van der Waals surface area contributed by atoms with E-state index in [1.54, 1.807) is 12.3 Å². The number of furan rings is 1. The summed E-state index contributed by atoms with van der Waals surface area (Å²) in [5.74, 6) is -0.226. The van der Waals surface area contributed by atoms with Crippen LogP contribution in [-0.2, 0) is 11.3 Å². The third-order valence-corrected chi connectivity index (χ3v) is 2.57. The predicted molar refractivity (Wildman–Crippen MR) is 59.5 cm³/mol. The number of aliphatic hydroxyl groups excluding tert-OH is 1. The normalized spacial score (nSPS) is 10.5. The maximum Gasteiger partial charge on any atom is 0.374 e. The fraction of sp³-hybridized carbons (Fsp3) is 0.300. The number of carbonyl (C=O) groups is 1. The van der Waals surface area contributed by atoms with E-state index < -0.39 is 5.97 Å². The number of aromatic nitrogens is 2. The second-order valence-electron chi connectivity index (χ2n) is 3.12. The van der Waals surface area contributed by atoms with Crippen LogP contribution >= 0.6 is 11.5 Å². The molecule has 0 aliphatic carbocycles. The molecule has 0 aliphatic rings. The summed E-state index contributed by atoms with van der Waals surface area (Å²) < 4.78 is 13.7. The van der Waals surface area contributed by atoms with Crippen molar-refractivity contribution < 1.29 is 19.1 Å². The molecule has 0 radical (unpaired) electrons. The molecule has 17 heavy (non-hydrogen) atoms. The van der Waals surface area contributed by atoms with E-state index in [2.05, 4.69) is 9.59 Å². The molecule has 2 aromatic heterocycles. The van der Waals surface area contributed by atoms with Crippen molar-refractivity contribution in [1.29, 1.82) is 0 Å². The zero-order valence-electron chi connectivity index (χ0n) is 9.04. The van der Waals surface area contributed by atoms with Gasteiger partial charge < -0.3 is 14.3 Å². The van der Waals surface area contributed by atoms with Gasteiger partial charge >= 0.3 is 5.97 Å². The van der Waals surface area contributed by atoms with E-state index in [0.717, 1.165) is 0 Å². The lowest BCUT2D eigenvalue weighted by Gasteiger charge is -1.96. The first-order chi connectivity index (χ1) is 8.26. The third-order valence-electron chi connectivity index (χ3n) is 2.07. The van der Waals surface area contributed by atoms with Crippen LogP contribution < -0.4 is 0 Å². The number of ether oxygens (including phenoxy) is 1. The van der Waals surface area contributed by atoms with Crippen LogP contribution in [0.2, 0.25) is 0 Å². The quantitative estimate of drug-likeness (QED) is 0.831. The fourth-order valence-electron chi connectivity index (χ4n) is 1.35. The number of esters is 1. The standard InChI is InChI=1S/C10H10N2O4S/c1-2-15-10(14)8-3-6(9(4-13)16-8)7-5-17-12-11-7/h3,5,13H,2,4H2,1H3. The van der Waals surface area contributed by atoms with Gasteiger partial charge in [-0.25, -0.2) is 4.79 Å². The highest BCUT2D eigenvalue weighted by Gasteiger charge is 2.19. The van der Waals surface area contributed by atoms with Crippen LogP contribution in [0.25, 0.3) is 11.3 Å². The Morgan fingerprint density at radius 2 is 2.47 bits per heavy atom. The van der Waals surface area contributed by atoms with E-state index in [1.807, 2.05) is 0 Å². The van der Waals surface area contributed by atoms with E-state index >= 15 is 0 Å². The summed E-state index contributed by atoms with van der Waals surface area (Å²) in [6, 6.07) is 1.50. The van der Waals surface area contributed by atoms with Gasteiger partial charge in [-0.1, -0.05) is 4.49 Å². The number of aliphatic hydroxyl groups is 1. The van der Waals surface area contributed by atoms with Crippen LogP contribution in [-0.4, -0.2) is 27.3 Å². The average molecular weight is 254 g/mol. The zero-order valence-corrected chi connectivity index (χ0v) is 9.86. The Balaban J connectivity index is 2.36. The molecule has 0 aromatic carbocycles. The Bertz CT molecular complexity index is 506. The molecule has 0 unspecified atom stereocenters. The van der Waals surface area contributed by atoms with Gasteiger partial charge in [0.25, 0.3) is 0 Å². The minimum atomic E-state index is -0.559. The molecule has 7 heteroatoms. The fourth-order valence-corrected chi connectivity index (χ4v) is 1.80. The second kappa shape index (κ2) is 5.07. The highest BCUT2D eigenvalue weighted by molar-refractivity contribution is 7.03. The SMILES string of the molecule is CCOC(=O)c1cc(-c2csnn2)c(CO)o1. The van der Waals surface area contributed by atoms with Crippen molar-refractivity contribution in [2.75, 3.05) is 6.61 Å². The maximum absolute atomic E-state index is 11.5. The summed E-state index contributed by atoms with van der Waals surface area (Å²) in [5.41, 5.74) is 1.13. The highest BCUT2D eigenvalue weighted by Crippen LogP contribution is 2.26. The maximum atomic E-state index is 11.5. The summed E-state index contributed by atoms with van der Waals surface area (Å²) in [6.07, 6.45) is 0. The van der Waals surface area contributed by atoms with E-state index in [9.17, 15) is 4.79 Å². The molecular weight excluding hydrogens is 244 g/mol. The lowest BCUT2D eigenvalue weighted by atomic mass is 10.2. The second-order valence-corrected chi connectivity index (χ2v) is 3.73. The van der Waals surface area contributed by atoms with Crippen molar-refractivity contribution in [1.82, 2.24) is 9.59 Å². The number of hydrogen-bond donors (Lipinski definition) is 1. The first-order valence-corrected chi connectivity index (χ1v) is 5.78. The topological polar surface area (TPSA) is 85.5 Å². The van der Waals surface area contributed by atoms with Gasteiger partial charge in [0.2, 0.25) is 5.76 Å². The molecule has 1 N–H and O–H groups in total. The van der Waals surface area contributed by atoms with Crippen molar-refractivity contribution in [2.24, 2.45) is 0 Å². The van der Waals surface area contributed by atoms with Gasteiger partial charge in [0.05, 0.1) is 6.61 Å². The molecule has 0 bridgehead atoms. The van der Waals surface area contributed by atoms with Gasteiger partial charge in [-0.15, -0.1) is 5.10 Å². The van der Waals surface area contributed by atoms with Gasteiger partial charge in [-0.2, -0.15) is 0 Å². The Hall–Kier alpha value is -1.73. The first-order valence-electron chi connectivity index (χ1n) is 4.94. The molecule has 6 nitrogen and oxygen atoms in total. The van der Waals surface area contributed by atoms with Crippen LogP contribution in [0.3, 0.4) is 0 Å². The number of carbonyl (C=O) groups excluding carboxylic acids is 1. The van der Waals surface area contributed by atoms with Crippen LogP contribution in [0, 0.1) is 0 Å². The minimum Gasteiger partial charge on any atom is -0.460 e. The van der Waals surface area contributed by atoms with Crippen LogP contribution in [0.1, 0.15) is 23.2 Å². The molecule has 0 spiro atoms. The molecular formula is C10H10N2O4S. The van der Waals surface area contributed by atoms with Crippen LogP contribution in [0.15, 0.2) is 15.9 Å². The van der Waals surface area contributed by atoms with Crippen molar-refractivity contribution >= 4 is 17.5 Å². The van der Waals surface area contributed by atoms with E-state index in [-0.39, 0.29) is 24.7 Å². The lowest BCUT2D eigenvalue weighted by molar-refractivity contribution is 0.0485. The molecule has 0 saturated heterocycles. The molecule has 2 aromatic rings. The summed E-state index contributed by atoms with van der Waals surface area (Å²) in [5, 5.41) is 14.7. The van der Waals surface area contributed by atoms with E-state index in [0.29, 0.717) is 11.3 Å². The molecule has 0 aliphatic heterocycles. The Morgan fingerprint density at radius 3 is 3.06 bits per heavy atom. The Labute approximate surface area is 101 Å². The van der Waals surface area contributed by atoms with Gasteiger partial charge in [0.15, 0.2) is 0 Å². The lowest BCUT2D eigenvalue weighted by Crippen LogP contribution is -2.02. The van der Waals surface area contributed by atoms with Gasteiger partial charge in [-0.05, 0) is 18.5 Å². The first kappa shape index (κ1) is 11.7. The van der Waals surface area contributed by atoms with Crippen molar-refractivity contribution in [3.05, 3.63) is 23.0 Å². The number of rotatable bonds is 4. The molecule has 90 valence electrons. The molecule has 0 amide bonds. The average Bonchev–Trinajstić information content (AvgIpc) is 2.97. The number of hydrogen-bond acceptors (Lipinski definition) is 7. The third kappa shape index (κ3) is 2.34. The smallest absolute Gasteiger partial charge is 0.374 e. The van der Waals surface area contributed by atoms with Crippen molar-refractivity contribution in [3.63, 3.8) is 0 Å². The zero-order chi connectivity index (χ0) is 12.3. The minimum absolute atomic E-state index is 0.0545. The van der Waals surface area contributed by atoms with E-state index in [1.165, 1.54) is 17.6 Å².